The van der Waals surface area contributed by atoms with Crippen molar-refractivity contribution in [3.63, 3.8) is 0 Å². The van der Waals surface area contributed by atoms with Crippen molar-refractivity contribution in [1.29, 1.82) is 0 Å². The molecule has 1 saturated heterocycles. The highest BCUT2D eigenvalue weighted by Crippen LogP contribution is 2.21. The highest BCUT2D eigenvalue weighted by atomic mass is 16.3. The molecule has 0 spiro atoms. The molecule has 3 nitrogen and oxygen atoms in total. The molecule has 3 heteroatoms. The van der Waals surface area contributed by atoms with Crippen LogP contribution in [0, 0.1) is 0 Å². The van der Waals surface area contributed by atoms with E-state index >= 15 is 0 Å². The fourth-order valence-corrected chi connectivity index (χ4v) is 2.27. The average molecular weight is 228 g/mol. The molecule has 0 amide bonds. The Morgan fingerprint density at radius 2 is 2.06 bits per heavy atom. The topological polar surface area (TPSA) is 35.5 Å². The highest BCUT2D eigenvalue weighted by Gasteiger charge is 2.24. The SMILES string of the molecule is CCCNCCCN1CCCC(C)(O)CC1. The first-order valence-corrected chi connectivity index (χ1v) is 6.79. The molecule has 2 N–H and O–H groups in total. The average Bonchev–Trinajstić information content (AvgIpc) is 2.40. The first kappa shape index (κ1) is 13.9. The number of rotatable bonds is 6. The van der Waals surface area contributed by atoms with E-state index in [-0.39, 0.29) is 0 Å². The molecule has 0 aromatic rings. The number of hydrogen-bond acceptors (Lipinski definition) is 3. The maximum Gasteiger partial charge on any atom is 0.0632 e. The summed E-state index contributed by atoms with van der Waals surface area (Å²) >= 11 is 0. The monoisotopic (exact) mass is 228 g/mol. The normalized spacial score (nSPS) is 27.9. The van der Waals surface area contributed by atoms with Gasteiger partial charge in [-0.15, -0.1) is 0 Å². The van der Waals surface area contributed by atoms with Crippen LogP contribution in [0.4, 0.5) is 0 Å². The van der Waals surface area contributed by atoms with Crippen molar-refractivity contribution in [3.05, 3.63) is 0 Å². The van der Waals surface area contributed by atoms with Gasteiger partial charge in [0.1, 0.15) is 0 Å². The molecular weight excluding hydrogens is 200 g/mol. The molecule has 1 atom stereocenters. The quantitative estimate of drug-likeness (QED) is 0.678. The van der Waals surface area contributed by atoms with Gasteiger partial charge in [-0.3, -0.25) is 0 Å². The van der Waals surface area contributed by atoms with Crippen molar-refractivity contribution < 1.29 is 5.11 Å². The molecule has 0 aromatic heterocycles. The lowest BCUT2D eigenvalue weighted by Crippen LogP contribution is -2.30. The Hall–Kier alpha value is -0.120. The van der Waals surface area contributed by atoms with E-state index in [0.717, 1.165) is 45.4 Å². The van der Waals surface area contributed by atoms with Gasteiger partial charge >= 0.3 is 0 Å². The highest BCUT2D eigenvalue weighted by molar-refractivity contribution is 4.79. The van der Waals surface area contributed by atoms with Crippen molar-refractivity contribution in [1.82, 2.24) is 10.2 Å². The Labute approximate surface area is 100 Å². The van der Waals surface area contributed by atoms with Crippen LogP contribution in [0.1, 0.15) is 46.0 Å². The molecule has 1 fully saturated rings. The van der Waals surface area contributed by atoms with E-state index in [2.05, 4.69) is 17.1 Å². The second-order valence-corrected chi connectivity index (χ2v) is 5.30. The number of nitrogens with one attached hydrogen (secondary N) is 1. The van der Waals surface area contributed by atoms with E-state index in [9.17, 15) is 5.11 Å². The maximum absolute atomic E-state index is 9.97. The van der Waals surface area contributed by atoms with Gasteiger partial charge in [0, 0.05) is 6.54 Å². The molecule has 1 unspecified atom stereocenters. The summed E-state index contributed by atoms with van der Waals surface area (Å²) in [6.07, 6.45) is 5.46. The second kappa shape index (κ2) is 7.25. The Bertz CT molecular complexity index is 183. The fourth-order valence-electron chi connectivity index (χ4n) is 2.27. The lowest BCUT2D eigenvalue weighted by Gasteiger charge is -2.22. The predicted octanol–water partition coefficient (Wildman–Crippen LogP) is 1.61. The van der Waals surface area contributed by atoms with Gasteiger partial charge in [-0.1, -0.05) is 6.92 Å². The number of nitrogens with zero attached hydrogens (tertiary/aromatic N) is 1. The molecule has 0 aliphatic carbocycles. The summed E-state index contributed by atoms with van der Waals surface area (Å²) in [5, 5.41) is 13.4. The summed E-state index contributed by atoms with van der Waals surface area (Å²) < 4.78 is 0. The molecule has 1 heterocycles. The van der Waals surface area contributed by atoms with Gasteiger partial charge in [-0.05, 0) is 65.2 Å². The molecule has 0 saturated carbocycles. The van der Waals surface area contributed by atoms with E-state index < -0.39 is 5.60 Å². The first-order valence-electron chi connectivity index (χ1n) is 6.79. The van der Waals surface area contributed by atoms with E-state index in [1.807, 2.05) is 6.92 Å². The molecule has 0 radical (unpaired) electrons. The Morgan fingerprint density at radius 1 is 1.25 bits per heavy atom. The zero-order valence-electron chi connectivity index (χ0n) is 11.0. The summed E-state index contributed by atoms with van der Waals surface area (Å²) in [6, 6.07) is 0. The van der Waals surface area contributed by atoms with Crippen LogP contribution in [0.15, 0.2) is 0 Å². The van der Waals surface area contributed by atoms with Crippen molar-refractivity contribution in [3.8, 4) is 0 Å². The van der Waals surface area contributed by atoms with Gasteiger partial charge in [0.25, 0.3) is 0 Å². The lowest BCUT2D eigenvalue weighted by atomic mass is 9.98. The third-order valence-corrected chi connectivity index (χ3v) is 3.41. The summed E-state index contributed by atoms with van der Waals surface area (Å²) in [7, 11) is 0. The molecule has 96 valence electrons. The molecule has 1 rings (SSSR count). The molecule has 1 aliphatic heterocycles. The minimum Gasteiger partial charge on any atom is -0.390 e. The van der Waals surface area contributed by atoms with Crippen LogP contribution < -0.4 is 5.32 Å². The van der Waals surface area contributed by atoms with E-state index in [4.69, 9.17) is 0 Å². The van der Waals surface area contributed by atoms with Crippen LogP contribution >= 0.6 is 0 Å². The molecular formula is C13H28N2O. The van der Waals surface area contributed by atoms with Crippen LogP contribution in [0.3, 0.4) is 0 Å². The van der Waals surface area contributed by atoms with Gasteiger partial charge in [0.05, 0.1) is 5.60 Å². The van der Waals surface area contributed by atoms with E-state index in [1.165, 1.54) is 19.4 Å². The third kappa shape index (κ3) is 5.83. The molecule has 0 bridgehead atoms. The van der Waals surface area contributed by atoms with Crippen molar-refractivity contribution in [2.75, 3.05) is 32.7 Å². The number of aliphatic hydroxyl groups is 1. The van der Waals surface area contributed by atoms with Crippen LogP contribution in [0.2, 0.25) is 0 Å². The smallest absolute Gasteiger partial charge is 0.0632 e. The Kier molecular flexibility index (Phi) is 6.32. The van der Waals surface area contributed by atoms with E-state index in [1.54, 1.807) is 0 Å². The van der Waals surface area contributed by atoms with Gasteiger partial charge in [0.15, 0.2) is 0 Å². The molecule has 1 aliphatic rings. The van der Waals surface area contributed by atoms with Gasteiger partial charge in [-0.2, -0.15) is 0 Å². The number of hydrogen-bond donors (Lipinski definition) is 2. The summed E-state index contributed by atoms with van der Waals surface area (Å²) in [6.45, 7) is 9.82. The first-order chi connectivity index (χ1) is 7.64. The van der Waals surface area contributed by atoms with Crippen LogP contribution in [0.25, 0.3) is 0 Å². The van der Waals surface area contributed by atoms with Crippen LogP contribution in [-0.4, -0.2) is 48.3 Å². The van der Waals surface area contributed by atoms with Gasteiger partial charge in [-0.25, -0.2) is 0 Å². The Morgan fingerprint density at radius 3 is 2.81 bits per heavy atom. The maximum atomic E-state index is 9.97. The van der Waals surface area contributed by atoms with Crippen LogP contribution in [-0.2, 0) is 0 Å². The standard InChI is InChI=1S/C13H28N2O/c1-3-8-14-9-5-11-15-10-4-6-13(2,16)7-12-15/h14,16H,3-12H2,1-2H3. The van der Waals surface area contributed by atoms with Crippen LogP contribution in [0.5, 0.6) is 0 Å². The van der Waals surface area contributed by atoms with Gasteiger partial charge in [0.2, 0.25) is 0 Å². The minimum atomic E-state index is -0.421. The largest absolute Gasteiger partial charge is 0.390 e. The summed E-state index contributed by atoms with van der Waals surface area (Å²) in [5.74, 6) is 0. The fraction of sp³-hybridized carbons (Fsp3) is 1.00. The van der Waals surface area contributed by atoms with Crippen molar-refractivity contribution in [2.24, 2.45) is 0 Å². The summed E-state index contributed by atoms with van der Waals surface area (Å²) in [4.78, 5) is 2.50. The van der Waals surface area contributed by atoms with Gasteiger partial charge < -0.3 is 15.3 Å². The van der Waals surface area contributed by atoms with Crippen molar-refractivity contribution >= 4 is 0 Å². The Balaban J connectivity index is 2.08. The zero-order chi connectivity index (χ0) is 11.9. The zero-order valence-corrected chi connectivity index (χ0v) is 11.0. The second-order valence-electron chi connectivity index (χ2n) is 5.30. The predicted molar refractivity (Wildman–Crippen MR) is 68.7 cm³/mol. The number of likely N-dealkylation sites (tertiary alicyclic amines) is 1. The lowest BCUT2D eigenvalue weighted by molar-refractivity contribution is 0.0446. The van der Waals surface area contributed by atoms with Crippen molar-refractivity contribution in [2.45, 2.75) is 51.6 Å². The minimum absolute atomic E-state index is 0.421. The molecule has 16 heavy (non-hydrogen) atoms. The molecule has 0 aromatic carbocycles. The third-order valence-electron chi connectivity index (χ3n) is 3.41. The summed E-state index contributed by atoms with van der Waals surface area (Å²) in [5.41, 5.74) is -0.421. The van der Waals surface area contributed by atoms with E-state index in [0.29, 0.717) is 0 Å².